The monoisotopic (exact) mass is 1160 g/mol. The van der Waals surface area contributed by atoms with E-state index in [2.05, 4.69) is 101 Å². The van der Waals surface area contributed by atoms with E-state index in [1.54, 1.807) is 79.5 Å². The quantitative estimate of drug-likeness (QED) is 0.0440. The predicted octanol–water partition coefficient (Wildman–Crippen LogP) is 8.23. The Morgan fingerprint density at radius 3 is 1.54 bits per heavy atom. The zero-order valence-corrected chi connectivity index (χ0v) is 45.0. The molecule has 14 aromatic rings. The van der Waals surface area contributed by atoms with Gasteiger partial charge in [0.15, 0.2) is 56.9 Å². The molecule has 0 aliphatic rings. The normalized spacial score (nSPS) is 11.0. The molecule has 6 N–H and O–H groups in total. The fourth-order valence-electron chi connectivity index (χ4n) is 8.12. The van der Waals surface area contributed by atoms with Gasteiger partial charge in [-0.15, -0.1) is 0 Å². The first-order valence-corrected chi connectivity index (χ1v) is 26.0. The van der Waals surface area contributed by atoms with Gasteiger partial charge < -0.3 is 62.8 Å². The number of aliphatic hydroxyl groups excluding tert-OH is 1. The van der Waals surface area contributed by atoms with Gasteiger partial charge >= 0.3 is 0 Å². The molecule has 0 spiro atoms. The number of halogens is 2. The van der Waals surface area contributed by atoms with Gasteiger partial charge in [-0.1, -0.05) is 5.16 Å². The number of nitrogens with zero attached hydrogens (tertiary/aromatic N) is 18. The summed E-state index contributed by atoms with van der Waals surface area (Å²) >= 11 is 12.0. The third-order valence-electron chi connectivity index (χ3n) is 12.0. The van der Waals surface area contributed by atoms with Crippen molar-refractivity contribution in [3.8, 4) is 0 Å². The molecule has 418 valence electrons. The Labute approximate surface area is 478 Å². The lowest BCUT2D eigenvalue weighted by Gasteiger charge is -2.07. The molecule has 14 rings (SSSR count). The molecule has 0 aromatic carbocycles. The number of hydrogen-bond acceptors (Lipinski definition) is 24. The molecule has 0 aliphatic carbocycles. The van der Waals surface area contributed by atoms with E-state index < -0.39 is 0 Å². The van der Waals surface area contributed by atoms with Crippen molar-refractivity contribution in [2.75, 3.05) is 27.9 Å². The van der Waals surface area contributed by atoms with Crippen LogP contribution >= 0.6 is 23.2 Å². The minimum Gasteiger partial charge on any atom is -0.467 e. The smallest absolute Gasteiger partial charge is 0.226 e. The van der Waals surface area contributed by atoms with E-state index in [-0.39, 0.29) is 17.2 Å². The highest BCUT2D eigenvalue weighted by Gasteiger charge is 2.16. The van der Waals surface area contributed by atoms with Crippen molar-refractivity contribution < 1.29 is 22.9 Å². The summed E-state index contributed by atoms with van der Waals surface area (Å²) in [7, 11) is 0. The topological polar surface area (TPSA) is 345 Å². The fraction of sp³-hybridized carbons (Fsp3) is 0.151. The lowest BCUT2D eigenvalue weighted by Crippen LogP contribution is -2.05. The number of pyridine rings is 2. The third kappa shape index (κ3) is 13.8. The molecule has 0 aliphatic heterocycles. The molecular formula is C53H47Cl2N23O5. The van der Waals surface area contributed by atoms with Gasteiger partial charge in [0.1, 0.15) is 52.9 Å². The number of anilines is 4. The van der Waals surface area contributed by atoms with Crippen molar-refractivity contribution in [1.29, 1.82) is 0 Å². The Bertz CT molecular complexity index is 4230. The minimum absolute atomic E-state index is 0.00222. The van der Waals surface area contributed by atoms with E-state index in [1.165, 1.54) is 18.9 Å². The van der Waals surface area contributed by atoms with Gasteiger partial charge in [-0.3, -0.25) is 9.97 Å². The summed E-state index contributed by atoms with van der Waals surface area (Å²) < 4.78 is 26.2. The molecule has 0 amide bonds. The molecule has 28 nitrogen and oxygen atoms in total. The maximum absolute atomic E-state index is 9.01. The van der Waals surface area contributed by atoms with Crippen molar-refractivity contribution in [1.82, 2.24) is 93.6 Å². The number of imidazole rings is 4. The Balaban J connectivity index is 0.000000117. The van der Waals surface area contributed by atoms with Crippen molar-refractivity contribution >= 4 is 91.1 Å². The molecule has 0 bridgehead atoms. The van der Waals surface area contributed by atoms with E-state index in [4.69, 9.17) is 46.1 Å². The largest absolute Gasteiger partial charge is 0.467 e. The molecule has 0 radical (unpaired) electrons. The van der Waals surface area contributed by atoms with Crippen molar-refractivity contribution in [3.05, 3.63) is 199 Å². The third-order valence-corrected chi connectivity index (χ3v) is 12.3. The zero-order valence-electron chi connectivity index (χ0n) is 43.5. The van der Waals surface area contributed by atoms with Crippen LogP contribution in [0.2, 0.25) is 10.6 Å². The minimum atomic E-state index is 0.00222. The Morgan fingerprint density at radius 2 is 1.00 bits per heavy atom. The summed E-state index contributed by atoms with van der Waals surface area (Å²) in [5.41, 5.74) is 8.54. The van der Waals surface area contributed by atoms with Crippen molar-refractivity contribution in [2.24, 2.45) is 0 Å². The molecule has 83 heavy (non-hydrogen) atoms. The van der Waals surface area contributed by atoms with Crippen LogP contribution in [0, 0.1) is 0 Å². The highest BCUT2D eigenvalue weighted by Crippen LogP contribution is 2.25. The summed E-state index contributed by atoms with van der Waals surface area (Å²) in [6.07, 6.45) is 23.2. The maximum Gasteiger partial charge on any atom is 0.226 e. The van der Waals surface area contributed by atoms with Crippen LogP contribution in [-0.4, -0.2) is 105 Å². The van der Waals surface area contributed by atoms with Gasteiger partial charge in [0, 0.05) is 37.4 Å². The molecule has 30 heteroatoms. The fourth-order valence-corrected chi connectivity index (χ4v) is 8.45. The number of fused-ring (bicyclic) bond motifs is 4. The van der Waals surface area contributed by atoms with E-state index in [0.29, 0.717) is 97.1 Å². The first kappa shape index (κ1) is 54.3. The second-order valence-corrected chi connectivity index (χ2v) is 18.2. The highest BCUT2D eigenvalue weighted by molar-refractivity contribution is 6.29. The van der Waals surface area contributed by atoms with Crippen LogP contribution in [-0.2, 0) is 45.8 Å². The highest BCUT2D eigenvalue weighted by atomic mass is 35.5. The number of rotatable bonds is 18. The van der Waals surface area contributed by atoms with E-state index >= 15 is 0 Å². The number of nitrogens with one attached hydrogen (secondary N) is 5. The van der Waals surface area contributed by atoms with Crippen LogP contribution in [0.4, 0.5) is 23.3 Å². The van der Waals surface area contributed by atoms with E-state index in [1.807, 2.05) is 69.8 Å². The Hall–Kier alpha value is -10.7. The van der Waals surface area contributed by atoms with E-state index in [0.717, 1.165) is 50.8 Å². The SMILES string of the molecule is Clc1nc(NCc2ccco2)c2ncn(Cc3ccncc3)c2n1.OCCn1cnc2c(NCc3ccco3)nc(Cl)nc21.c1coc(CNc2ncnc3c2ncn3Cc2ccncc2)c1.c1nc(NCc2ccon2)c2[nH]cnc2n1. The summed E-state index contributed by atoms with van der Waals surface area (Å²) in [5.74, 6) is 4.93. The van der Waals surface area contributed by atoms with Gasteiger partial charge in [0.2, 0.25) is 10.6 Å². The summed E-state index contributed by atoms with van der Waals surface area (Å²) in [6.45, 7) is 3.79. The van der Waals surface area contributed by atoms with Gasteiger partial charge in [-0.25, -0.2) is 39.9 Å². The standard InChI is InChI=1S/C16H13ClN6O.C16H14N6O.C12H12ClN5O2.C9H8N6O/c17-16-21-14(19-8-12-2-1-7-24-12)13-15(22-16)23(10-20-13)9-11-3-5-18-6-4-11;1-2-13(23-7-1)8-18-15-14-16(20-10-19-15)22(11-21-14)9-12-3-5-17-6-4-12;13-12-16-10(14-6-8-2-1-5-20-8)9-11(17-12)18(3-4-19)7-15-9;1-2-16-15-6(1)3-10-8-7-9(12-4-11-7)14-5-13-8/h1-7,10H,8-9H2,(H,19,21,22);1-7,10-11H,8-9H2,(H,18,19,20);1-2,5,7,19H,3-4,6H2,(H,14,16,17);1-2,4-5H,3H2,(H2,10,11,12,13,14). The van der Waals surface area contributed by atoms with Crippen molar-refractivity contribution in [3.63, 3.8) is 0 Å². The predicted molar refractivity (Wildman–Crippen MR) is 303 cm³/mol. The van der Waals surface area contributed by atoms with Gasteiger partial charge in [0.05, 0.1) is 90.0 Å². The molecular weight excluding hydrogens is 1110 g/mol. The van der Waals surface area contributed by atoms with Crippen LogP contribution < -0.4 is 21.3 Å². The number of H-pyrrole nitrogens is 1. The number of aliphatic hydroxyl groups is 1. The summed E-state index contributed by atoms with van der Waals surface area (Å²) in [4.78, 5) is 61.8. The summed E-state index contributed by atoms with van der Waals surface area (Å²) in [6, 6.07) is 20.8. The molecule has 0 saturated heterocycles. The van der Waals surface area contributed by atoms with Crippen LogP contribution in [0.3, 0.4) is 0 Å². The second-order valence-electron chi connectivity index (χ2n) is 17.5. The number of hydrogen-bond donors (Lipinski definition) is 6. The lowest BCUT2D eigenvalue weighted by molar-refractivity contribution is 0.277. The van der Waals surface area contributed by atoms with Gasteiger partial charge in [-0.2, -0.15) is 19.9 Å². The summed E-state index contributed by atoms with van der Waals surface area (Å²) in [5, 5.41) is 25.8. The molecule has 0 atom stereocenters. The average Bonchev–Trinajstić information content (AvgIpc) is 4.52. The first-order chi connectivity index (χ1) is 40.9. The Morgan fingerprint density at radius 1 is 0.494 bits per heavy atom. The van der Waals surface area contributed by atoms with Crippen LogP contribution in [0.25, 0.3) is 44.7 Å². The Kier molecular flexibility index (Phi) is 17.3. The van der Waals surface area contributed by atoms with Gasteiger partial charge in [-0.05, 0) is 95.0 Å². The molecule has 0 fully saturated rings. The number of aromatic nitrogens is 19. The van der Waals surface area contributed by atoms with Crippen LogP contribution in [0.1, 0.15) is 34.1 Å². The lowest BCUT2D eigenvalue weighted by atomic mass is 10.3. The molecule has 0 saturated carbocycles. The van der Waals surface area contributed by atoms with E-state index in [9.17, 15) is 0 Å². The number of aromatic amines is 1. The second kappa shape index (κ2) is 26.5. The molecule has 14 heterocycles. The van der Waals surface area contributed by atoms with Crippen LogP contribution in [0.5, 0.6) is 0 Å². The number of furan rings is 3. The zero-order chi connectivity index (χ0) is 56.6. The van der Waals surface area contributed by atoms with Crippen LogP contribution in [0.15, 0.2) is 172 Å². The average molecular weight is 1160 g/mol. The molecule has 0 unspecified atom stereocenters. The van der Waals surface area contributed by atoms with Gasteiger partial charge in [0.25, 0.3) is 0 Å². The van der Waals surface area contributed by atoms with Crippen molar-refractivity contribution in [2.45, 2.75) is 45.8 Å². The first-order valence-electron chi connectivity index (χ1n) is 25.3. The maximum atomic E-state index is 9.01. The molecule has 14 aromatic heterocycles.